The van der Waals surface area contributed by atoms with Crippen LogP contribution in [0.4, 0.5) is 10.5 Å². The maximum atomic E-state index is 11.1. The molecule has 0 aliphatic rings. The molecule has 0 aromatic heterocycles. The highest BCUT2D eigenvalue weighted by Gasteiger charge is 2.12. The molecular formula is C9H11NO2S. The Balaban J connectivity index is 2.95. The van der Waals surface area contributed by atoms with Crippen molar-refractivity contribution >= 4 is 24.7 Å². The van der Waals surface area contributed by atoms with Crippen molar-refractivity contribution in [2.75, 3.05) is 11.9 Å². The second kappa shape index (κ2) is 4.18. The summed E-state index contributed by atoms with van der Waals surface area (Å²) in [6.07, 6.45) is -0.488. The lowest BCUT2D eigenvalue weighted by Crippen LogP contribution is -2.25. The lowest BCUT2D eigenvalue weighted by atomic mass is 10.2. The van der Waals surface area contributed by atoms with Crippen molar-refractivity contribution in [3.8, 4) is 0 Å². The van der Waals surface area contributed by atoms with E-state index in [2.05, 4.69) is 17.1 Å². The van der Waals surface area contributed by atoms with Crippen molar-refractivity contribution < 1.29 is 8.98 Å². The number of rotatable bonds is 1. The van der Waals surface area contributed by atoms with E-state index in [1.54, 1.807) is 7.05 Å². The van der Waals surface area contributed by atoms with E-state index in [-0.39, 0.29) is 0 Å². The van der Waals surface area contributed by atoms with Crippen LogP contribution in [0, 0.1) is 6.92 Å². The predicted octanol–water partition coefficient (Wildman–Crippen LogP) is 2.41. The number of carbonyl (C=O) groups is 1. The Morgan fingerprint density at radius 3 is 2.62 bits per heavy atom. The largest absolute Gasteiger partial charge is 0.425 e. The maximum Gasteiger partial charge on any atom is 0.425 e. The van der Waals surface area contributed by atoms with Gasteiger partial charge in [-0.15, -0.1) is 0 Å². The first-order valence-corrected chi connectivity index (χ1v) is 4.18. The summed E-state index contributed by atoms with van der Waals surface area (Å²) in [5.74, 6) is 0. The summed E-state index contributed by atoms with van der Waals surface area (Å²) in [6, 6.07) is 7.56. The fraction of sp³-hybridized carbons (Fsp3) is 0.222. The summed E-state index contributed by atoms with van der Waals surface area (Å²) in [5, 5.41) is 0. The number of benzene rings is 1. The molecule has 1 aromatic carbocycles. The Kier molecular flexibility index (Phi) is 3.19. The molecule has 0 saturated heterocycles. The molecular weight excluding hydrogens is 186 g/mol. The standard InChI is InChI=1S/C9H11NO2S/c1-7-5-3-4-6-8(7)10(2)9(11)12-13/h3-6,13H,1-2H3. The fourth-order valence-electron chi connectivity index (χ4n) is 1.10. The van der Waals surface area contributed by atoms with Gasteiger partial charge in [0, 0.05) is 25.6 Å². The van der Waals surface area contributed by atoms with E-state index in [9.17, 15) is 4.79 Å². The molecule has 1 aromatic rings. The SMILES string of the molecule is Cc1ccccc1N(C)C(=O)OS. The Morgan fingerprint density at radius 1 is 1.46 bits per heavy atom. The summed E-state index contributed by atoms with van der Waals surface area (Å²) in [4.78, 5) is 12.5. The second-order valence-corrected chi connectivity index (χ2v) is 2.89. The highest BCUT2D eigenvalue weighted by molar-refractivity contribution is 7.75. The van der Waals surface area contributed by atoms with Gasteiger partial charge in [-0.1, -0.05) is 18.2 Å². The van der Waals surface area contributed by atoms with Gasteiger partial charge in [0.1, 0.15) is 0 Å². The highest BCUT2D eigenvalue weighted by atomic mass is 32.1. The van der Waals surface area contributed by atoms with Crippen LogP contribution < -0.4 is 4.90 Å². The van der Waals surface area contributed by atoms with Crippen LogP contribution in [0.5, 0.6) is 0 Å². The molecule has 0 aliphatic heterocycles. The van der Waals surface area contributed by atoms with Gasteiger partial charge in [-0.3, -0.25) is 4.90 Å². The number of para-hydroxylation sites is 1. The van der Waals surface area contributed by atoms with E-state index in [0.717, 1.165) is 11.3 Å². The van der Waals surface area contributed by atoms with Crippen molar-refractivity contribution in [3.05, 3.63) is 29.8 Å². The van der Waals surface area contributed by atoms with Gasteiger partial charge in [0.25, 0.3) is 0 Å². The lowest BCUT2D eigenvalue weighted by molar-refractivity contribution is 0.217. The zero-order valence-corrected chi connectivity index (χ0v) is 8.41. The summed E-state index contributed by atoms with van der Waals surface area (Å²) in [6.45, 7) is 1.93. The zero-order chi connectivity index (χ0) is 9.84. The van der Waals surface area contributed by atoms with Crippen LogP contribution in [-0.2, 0) is 4.18 Å². The minimum absolute atomic E-state index is 0.488. The number of carbonyl (C=O) groups excluding carboxylic acids is 1. The Morgan fingerprint density at radius 2 is 2.08 bits per heavy atom. The van der Waals surface area contributed by atoms with Crippen LogP contribution in [0.25, 0.3) is 0 Å². The number of amides is 1. The summed E-state index contributed by atoms with van der Waals surface area (Å²) >= 11 is 3.45. The highest BCUT2D eigenvalue weighted by Crippen LogP contribution is 2.18. The lowest BCUT2D eigenvalue weighted by Gasteiger charge is -2.16. The first-order valence-electron chi connectivity index (χ1n) is 3.81. The second-order valence-electron chi connectivity index (χ2n) is 2.70. The minimum atomic E-state index is -0.488. The quantitative estimate of drug-likeness (QED) is 0.553. The minimum Gasteiger partial charge on any atom is -0.378 e. The average molecular weight is 197 g/mol. The number of aryl methyl sites for hydroxylation is 1. The number of hydrogen-bond acceptors (Lipinski definition) is 3. The van der Waals surface area contributed by atoms with E-state index < -0.39 is 6.09 Å². The first-order chi connectivity index (χ1) is 6.16. The monoisotopic (exact) mass is 197 g/mol. The first kappa shape index (κ1) is 9.92. The van der Waals surface area contributed by atoms with E-state index in [4.69, 9.17) is 0 Å². The van der Waals surface area contributed by atoms with Crippen LogP contribution in [-0.4, -0.2) is 13.1 Å². The molecule has 1 rings (SSSR count). The molecule has 0 fully saturated rings. The molecule has 0 unspecified atom stereocenters. The third kappa shape index (κ3) is 2.15. The number of anilines is 1. The van der Waals surface area contributed by atoms with Gasteiger partial charge in [0.2, 0.25) is 0 Å². The molecule has 0 saturated carbocycles. The molecule has 1 amide bonds. The molecule has 0 aliphatic carbocycles. The van der Waals surface area contributed by atoms with Gasteiger partial charge in [-0.25, -0.2) is 4.79 Å². The summed E-state index contributed by atoms with van der Waals surface area (Å²) in [5.41, 5.74) is 1.84. The third-order valence-electron chi connectivity index (χ3n) is 1.83. The van der Waals surface area contributed by atoms with Crippen LogP contribution in [0.1, 0.15) is 5.56 Å². The topological polar surface area (TPSA) is 29.5 Å². The molecule has 0 N–H and O–H groups in total. The van der Waals surface area contributed by atoms with Crippen LogP contribution in [0.2, 0.25) is 0 Å². The van der Waals surface area contributed by atoms with Crippen LogP contribution in [0.15, 0.2) is 24.3 Å². The predicted molar refractivity (Wildman–Crippen MR) is 55.0 cm³/mol. The Labute approximate surface area is 82.9 Å². The molecule has 0 radical (unpaired) electrons. The van der Waals surface area contributed by atoms with E-state index >= 15 is 0 Å². The van der Waals surface area contributed by atoms with Gasteiger partial charge in [-0.05, 0) is 18.6 Å². The number of nitrogens with zero attached hydrogens (tertiary/aromatic N) is 1. The molecule has 4 heteroatoms. The molecule has 13 heavy (non-hydrogen) atoms. The molecule has 0 atom stereocenters. The van der Waals surface area contributed by atoms with Crippen molar-refractivity contribution in [2.45, 2.75) is 6.92 Å². The van der Waals surface area contributed by atoms with Gasteiger partial charge in [0.05, 0.1) is 0 Å². The van der Waals surface area contributed by atoms with E-state index in [1.165, 1.54) is 4.90 Å². The molecule has 70 valence electrons. The number of hydrogen-bond donors (Lipinski definition) is 1. The zero-order valence-electron chi connectivity index (χ0n) is 7.52. The van der Waals surface area contributed by atoms with Gasteiger partial charge in [0.15, 0.2) is 0 Å². The van der Waals surface area contributed by atoms with Gasteiger partial charge in [-0.2, -0.15) is 0 Å². The van der Waals surface area contributed by atoms with Crippen molar-refractivity contribution in [1.82, 2.24) is 0 Å². The summed E-state index contributed by atoms with van der Waals surface area (Å²) < 4.78 is 4.30. The molecule has 0 heterocycles. The number of thiol groups is 1. The molecule has 0 bridgehead atoms. The van der Waals surface area contributed by atoms with Crippen LogP contribution in [0.3, 0.4) is 0 Å². The van der Waals surface area contributed by atoms with E-state index in [1.807, 2.05) is 31.2 Å². The van der Waals surface area contributed by atoms with Crippen molar-refractivity contribution in [2.24, 2.45) is 0 Å². The Hall–Kier alpha value is -1.16. The third-order valence-corrected chi connectivity index (χ3v) is 1.98. The molecule has 0 spiro atoms. The average Bonchev–Trinajstić information content (AvgIpc) is 2.16. The van der Waals surface area contributed by atoms with Crippen molar-refractivity contribution in [3.63, 3.8) is 0 Å². The van der Waals surface area contributed by atoms with E-state index in [0.29, 0.717) is 0 Å². The normalized spacial score (nSPS) is 9.46. The van der Waals surface area contributed by atoms with Gasteiger partial charge >= 0.3 is 6.09 Å². The summed E-state index contributed by atoms with van der Waals surface area (Å²) in [7, 11) is 1.64. The Bertz CT molecular complexity index is 314. The maximum absolute atomic E-state index is 11.1. The van der Waals surface area contributed by atoms with Crippen molar-refractivity contribution in [1.29, 1.82) is 0 Å². The smallest absolute Gasteiger partial charge is 0.378 e. The fourth-order valence-corrected chi connectivity index (χ4v) is 1.22. The molecule has 3 nitrogen and oxygen atoms in total. The van der Waals surface area contributed by atoms with Crippen LogP contribution >= 0.6 is 12.9 Å². The van der Waals surface area contributed by atoms with Gasteiger partial charge < -0.3 is 4.18 Å².